The number of furan rings is 1. The fourth-order valence-electron chi connectivity index (χ4n) is 6.96. The van der Waals surface area contributed by atoms with Crippen LogP contribution in [0, 0.1) is 0 Å². The molecule has 0 saturated carbocycles. The molecule has 0 saturated heterocycles. The summed E-state index contributed by atoms with van der Waals surface area (Å²) in [4.78, 5) is 2.32. The van der Waals surface area contributed by atoms with Gasteiger partial charge in [0.25, 0.3) is 0 Å². The second-order valence-electron chi connectivity index (χ2n) is 11.7. The molecule has 0 aliphatic rings. The Bertz CT molecular complexity index is 2500. The maximum Gasteiger partial charge on any atom is 0.160 e. The molecule has 0 amide bonds. The molecule has 0 aliphatic carbocycles. The van der Waals surface area contributed by atoms with E-state index in [1.807, 2.05) is 0 Å². The third kappa shape index (κ3) is 4.19. The molecule has 1 heterocycles. The predicted molar refractivity (Wildman–Crippen MR) is 194 cm³/mol. The summed E-state index contributed by atoms with van der Waals surface area (Å²) in [7, 11) is 0. The van der Waals surface area contributed by atoms with Crippen LogP contribution in [-0.4, -0.2) is 0 Å². The minimum atomic E-state index is 0.869. The van der Waals surface area contributed by atoms with Crippen LogP contribution in [-0.2, 0) is 0 Å². The van der Waals surface area contributed by atoms with Gasteiger partial charge in [-0.3, -0.25) is 0 Å². The number of fused-ring (bicyclic) bond motifs is 8. The first-order valence-electron chi connectivity index (χ1n) is 15.7. The lowest BCUT2D eigenvalue weighted by Gasteiger charge is -2.26. The lowest BCUT2D eigenvalue weighted by Crippen LogP contribution is -2.10. The second-order valence-corrected chi connectivity index (χ2v) is 11.7. The Hall–Kier alpha value is -6.12. The fraction of sp³-hybridized carbons (Fsp3) is 0. The molecule has 8 aromatic carbocycles. The SMILES string of the molecule is c1ccc(-c2ccc(N(c3ccccc3)c3ccc(-c4ccccc4)c4c3oc3c5ccccc5c5ccccc5c34)cc2)cc1. The molecule has 2 nitrogen and oxygen atoms in total. The van der Waals surface area contributed by atoms with E-state index < -0.39 is 0 Å². The molecule has 46 heavy (non-hydrogen) atoms. The van der Waals surface area contributed by atoms with E-state index in [0.29, 0.717) is 0 Å². The van der Waals surface area contributed by atoms with Gasteiger partial charge in [-0.1, -0.05) is 146 Å². The van der Waals surface area contributed by atoms with Crippen molar-refractivity contribution in [2.75, 3.05) is 4.90 Å². The molecule has 0 spiro atoms. The average Bonchev–Trinajstić information content (AvgIpc) is 3.55. The van der Waals surface area contributed by atoms with Crippen molar-refractivity contribution in [1.29, 1.82) is 0 Å². The maximum atomic E-state index is 7.14. The molecule has 9 rings (SSSR count). The Morgan fingerprint density at radius 2 is 0.826 bits per heavy atom. The third-order valence-corrected chi connectivity index (χ3v) is 9.05. The highest BCUT2D eigenvalue weighted by Crippen LogP contribution is 2.49. The summed E-state index contributed by atoms with van der Waals surface area (Å²) in [6.07, 6.45) is 0. The van der Waals surface area contributed by atoms with Crippen molar-refractivity contribution >= 4 is 60.5 Å². The number of anilines is 3. The standard InChI is InChI=1S/C44H29NO/c1-4-14-30(15-5-1)31-24-26-34(27-25-31)45(33-18-8-3-9-19-33)40-29-28-35(32-16-6-2-7-17-32)41-42-38-22-12-10-20-36(38)37-21-11-13-23-39(37)43(42)46-44(40)41/h1-29H. The molecule has 9 aromatic rings. The number of benzene rings is 8. The maximum absolute atomic E-state index is 7.14. The van der Waals surface area contributed by atoms with Crippen LogP contribution >= 0.6 is 0 Å². The van der Waals surface area contributed by atoms with Gasteiger partial charge in [0.15, 0.2) is 5.58 Å². The van der Waals surface area contributed by atoms with Crippen LogP contribution in [0.25, 0.3) is 65.7 Å². The normalized spacial score (nSPS) is 11.5. The van der Waals surface area contributed by atoms with Crippen LogP contribution in [0.2, 0.25) is 0 Å². The van der Waals surface area contributed by atoms with Crippen LogP contribution in [0.5, 0.6) is 0 Å². The van der Waals surface area contributed by atoms with Gasteiger partial charge in [-0.2, -0.15) is 0 Å². The summed E-state index contributed by atoms with van der Waals surface area (Å²) in [5.41, 5.74) is 9.62. The molecule has 1 aromatic heterocycles. The van der Waals surface area contributed by atoms with Gasteiger partial charge in [0, 0.05) is 27.5 Å². The first-order valence-corrected chi connectivity index (χ1v) is 15.7. The van der Waals surface area contributed by atoms with Gasteiger partial charge in [-0.15, -0.1) is 0 Å². The van der Waals surface area contributed by atoms with Gasteiger partial charge in [0.2, 0.25) is 0 Å². The van der Waals surface area contributed by atoms with Crippen LogP contribution in [0.4, 0.5) is 17.1 Å². The van der Waals surface area contributed by atoms with Gasteiger partial charge < -0.3 is 9.32 Å². The van der Waals surface area contributed by atoms with Gasteiger partial charge in [0.1, 0.15) is 5.58 Å². The monoisotopic (exact) mass is 587 g/mol. The van der Waals surface area contributed by atoms with E-state index in [-0.39, 0.29) is 0 Å². The zero-order chi connectivity index (χ0) is 30.5. The lowest BCUT2D eigenvalue weighted by molar-refractivity contribution is 0.673. The van der Waals surface area contributed by atoms with Crippen molar-refractivity contribution in [2.24, 2.45) is 0 Å². The van der Waals surface area contributed by atoms with Crippen molar-refractivity contribution in [3.05, 3.63) is 176 Å². The Balaban J connectivity index is 1.39. The first kappa shape index (κ1) is 26.3. The summed E-state index contributed by atoms with van der Waals surface area (Å²) in [5, 5.41) is 7.02. The Morgan fingerprint density at radius 1 is 0.326 bits per heavy atom. The fourth-order valence-corrected chi connectivity index (χ4v) is 6.96. The molecular formula is C44H29NO. The van der Waals surface area contributed by atoms with Crippen molar-refractivity contribution < 1.29 is 4.42 Å². The van der Waals surface area contributed by atoms with E-state index in [0.717, 1.165) is 55.5 Å². The Labute approximate surface area is 267 Å². The summed E-state index contributed by atoms with van der Waals surface area (Å²) in [5.74, 6) is 0. The van der Waals surface area contributed by atoms with Crippen molar-refractivity contribution in [1.82, 2.24) is 0 Å². The molecule has 0 unspecified atom stereocenters. The summed E-state index contributed by atoms with van der Waals surface area (Å²) in [6.45, 7) is 0. The van der Waals surface area contributed by atoms with E-state index in [9.17, 15) is 0 Å². The third-order valence-electron chi connectivity index (χ3n) is 9.05. The number of rotatable bonds is 5. The molecular weight excluding hydrogens is 558 g/mol. The summed E-state index contributed by atoms with van der Waals surface area (Å²) < 4.78 is 7.14. The molecule has 0 fully saturated rings. The smallest absolute Gasteiger partial charge is 0.160 e. The van der Waals surface area contributed by atoms with Crippen molar-refractivity contribution in [3.63, 3.8) is 0 Å². The largest absolute Gasteiger partial charge is 0.453 e. The predicted octanol–water partition coefficient (Wildman–Crippen LogP) is 12.7. The lowest BCUT2D eigenvalue weighted by atomic mass is 9.93. The highest BCUT2D eigenvalue weighted by Gasteiger charge is 2.24. The Morgan fingerprint density at radius 3 is 1.50 bits per heavy atom. The second kappa shape index (κ2) is 10.8. The zero-order valence-corrected chi connectivity index (χ0v) is 25.1. The number of para-hydroxylation sites is 1. The van der Waals surface area contributed by atoms with E-state index >= 15 is 0 Å². The number of hydrogen-bond acceptors (Lipinski definition) is 2. The number of hydrogen-bond donors (Lipinski definition) is 0. The van der Waals surface area contributed by atoms with Gasteiger partial charge in [0.05, 0.1) is 5.69 Å². The number of nitrogens with zero attached hydrogens (tertiary/aromatic N) is 1. The van der Waals surface area contributed by atoms with Crippen LogP contribution in [0.1, 0.15) is 0 Å². The van der Waals surface area contributed by atoms with Crippen molar-refractivity contribution in [2.45, 2.75) is 0 Å². The van der Waals surface area contributed by atoms with Gasteiger partial charge >= 0.3 is 0 Å². The van der Waals surface area contributed by atoms with Gasteiger partial charge in [-0.25, -0.2) is 0 Å². The Kier molecular flexibility index (Phi) is 6.17. The van der Waals surface area contributed by atoms with Gasteiger partial charge in [-0.05, 0) is 68.7 Å². The molecule has 0 aliphatic heterocycles. The van der Waals surface area contributed by atoms with E-state index in [1.165, 1.54) is 27.3 Å². The molecule has 216 valence electrons. The van der Waals surface area contributed by atoms with Crippen LogP contribution in [0.3, 0.4) is 0 Å². The molecule has 0 bridgehead atoms. The van der Waals surface area contributed by atoms with Crippen LogP contribution < -0.4 is 4.90 Å². The first-order chi connectivity index (χ1) is 22.8. The molecule has 0 atom stereocenters. The topological polar surface area (TPSA) is 16.4 Å². The molecule has 0 radical (unpaired) electrons. The molecule has 0 N–H and O–H groups in total. The van der Waals surface area contributed by atoms with Crippen LogP contribution in [0.15, 0.2) is 180 Å². The van der Waals surface area contributed by atoms with Crippen molar-refractivity contribution in [3.8, 4) is 22.3 Å². The summed E-state index contributed by atoms with van der Waals surface area (Å²) in [6, 6.07) is 62.4. The van der Waals surface area contributed by atoms with E-state index in [1.54, 1.807) is 0 Å². The summed E-state index contributed by atoms with van der Waals surface area (Å²) >= 11 is 0. The quantitative estimate of drug-likeness (QED) is 0.186. The molecule has 2 heteroatoms. The van der Waals surface area contributed by atoms with E-state index in [2.05, 4.69) is 181 Å². The van der Waals surface area contributed by atoms with E-state index in [4.69, 9.17) is 4.42 Å². The highest BCUT2D eigenvalue weighted by molar-refractivity contribution is 6.33. The average molecular weight is 588 g/mol. The zero-order valence-electron chi connectivity index (χ0n) is 25.1. The minimum absolute atomic E-state index is 0.869. The highest BCUT2D eigenvalue weighted by atomic mass is 16.3. The minimum Gasteiger partial charge on any atom is -0.453 e.